The van der Waals surface area contributed by atoms with E-state index in [0.29, 0.717) is 0 Å². The minimum atomic E-state index is -3.56. The molecule has 6 N–H and O–H groups in total. The molecule has 0 aliphatic carbocycles. The second-order valence-electron chi connectivity index (χ2n) is 5.79. The average molecular weight is 447 g/mol. The van der Waals surface area contributed by atoms with Gasteiger partial charge >= 0.3 is 30.3 Å². The summed E-state index contributed by atoms with van der Waals surface area (Å²) in [6.45, 7) is 0. The Morgan fingerprint density at radius 1 is 0.897 bits per heavy atom. The molecule has 0 unspecified atom stereocenters. The molecule has 0 amide bonds. The highest BCUT2D eigenvalue weighted by Gasteiger charge is 2.54. The highest BCUT2D eigenvalue weighted by molar-refractivity contribution is 6.45. The summed E-state index contributed by atoms with van der Waals surface area (Å²) < 4.78 is 28.2. The smallest absolute Gasteiger partial charge is 0.551 e. The molecular weight excluding hydrogens is 432 g/mol. The van der Waals surface area contributed by atoms with Crippen molar-refractivity contribution in [3.05, 3.63) is 0 Å². The molecule has 0 aromatic rings. The maximum absolute atomic E-state index is 11.9. The number of rotatable bonds is 5. The van der Waals surface area contributed by atoms with Gasteiger partial charge in [0.1, 0.15) is 18.1 Å². The third kappa shape index (κ3) is 6.95. The van der Waals surface area contributed by atoms with Crippen molar-refractivity contribution in [1.29, 1.82) is 0 Å². The van der Waals surface area contributed by atoms with Gasteiger partial charge < -0.3 is 39.9 Å². The molecule has 15 nitrogen and oxygen atoms in total. The van der Waals surface area contributed by atoms with Gasteiger partial charge in [0, 0.05) is 0 Å². The third-order valence-electron chi connectivity index (χ3n) is 3.39. The topological polar surface area (TPSA) is 236 Å². The second-order valence-corrected chi connectivity index (χ2v) is 8.36. The van der Waals surface area contributed by atoms with Crippen LogP contribution < -0.4 is 17.2 Å². The predicted octanol–water partition coefficient (Wildman–Crippen LogP) is -4.61. The zero-order valence-corrected chi connectivity index (χ0v) is 16.9. The van der Waals surface area contributed by atoms with Gasteiger partial charge in [0.15, 0.2) is 0 Å². The van der Waals surface area contributed by atoms with Crippen molar-refractivity contribution in [3.63, 3.8) is 0 Å². The first kappa shape index (κ1) is 23.0. The van der Waals surface area contributed by atoms with Gasteiger partial charge in [0.05, 0.1) is 19.3 Å². The van der Waals surface area contributed by atoms with E-state index in [0.717, 1.165) is 0 Å². The van der Waals surface area contributed by atoms with Crippen LogP contribution in [0.5, 0.6) is 0 Å². The molecule has 2 fully saturated rings. The van der Waals surface area contributed by atoms with E-state index in [9.17, 15) is 28.8 Å². The molecule has 156 valence electrons. The van der Waals surface area contributed by atoms with Gasteiger partial charge in [-0.3, -0.25) is 28.8 Å². The summed E-state index contributed by atoms with van der Waals surface area (Å²) in [7, 11) is 0. The molecule has 29 heavy (non-hydrogen) atoms. The molecule has 17 heteroatoms. The lowest BCUT2D eigenvalue weighted by molar-refractivity contribution is -0.151. The number of carbonyl (C=O) groups excluding carboxylic acids is 6. The van der Waals surface area contributed by atoms with Gasteiger partial charge in [-0.1, -0.05) is 0 Å². The molecule has 0 bridgehead atoms. The SMILES string of the molecule is N[C@H](CC(=O)[O][Al]1[O]C(=O)C[C@H](N)C(=O)[O]1)C(=O)[O][Al]1[O]C(=O)C[C@H](N)C(=O)[O]1. The first-order valence-electron chi connectivity index (χ1n) is 8.02. The fraction of sp³-hybridized carbons (Fsp3) is 0.500. The fourth-order valence-electron chi connectivity index (χ4n) is 1.95. The predicted molar refractivity (Wildman–Crippen MR) is 85.8 cm³/mol. The molecule has 2 aliphatic rings. The molecule has 0 radical (unpaired) electrons. The van der Waals surface area contributed by atoms with Crippen LogP contribution in [0.25, 0.3) is 0 Å². The highest BCUT2D eigenvalue weighted by atomic mass is 27.3. The van der Waals surface area contributed by atoms with Crippen molar-refractivity contribution >= 4 is 66.1 Å². The molecule has 2 heterocycles. The van der Waals surface area contributed by atoms with Crippen LogP contribution in [0.15, 0.2) is 0 Å². The van der Waals surface area contributed by atoms with E-state index in [1.54, 1.807) is 0 Å². The molecule has 0 aromatic carbocycles. The molecular formula is C12H15Al2N3O12. The summed E-state index contributed by atoms with van der Waals surface area (Å²) in [6.07, 6.45) is -1.67. The van der Waals surface area contributed by atoms with E-state index < -0.39 is 104 Å². The van der Waals surface area contributed by atoms with Gasteiger partial charge in [-0.25, -0.2) is 0 Å². The summed E-state index contributed by atoms with van der Waals surface area (Å²) in [5, 5.41) is 0. The largest absolute Gasteiger partial charge is 1.20 e. The quantitative estimate of drug-likeness (QED) is 0.336. The van der Waals surface area contributed by atoms with Crippen LogP contribution in [0.1, 0.15) is 19.3 Å². The summed E-state index contributed by atoms with van der Waals surface area (Å²) in [4.78, 5) is 69.6. The first-order chi connectivity index (χ1) is 13.5. The van der Waals surface area contributed by atoms with Gasteiger partial charge in [0.25, 0.3) is 35.8 Å². The average Bonchev–Trinajstić information content (AvgIpc) is 2.79. The van der Waals surface area contributed by atoms with Crippen LogP contribution in [0, 0.1) is 0 Å². The zero-order chi connectivity index (χ0) is 21.7. The summed E-state index contributed by atoms with van der Waals surface area (Å²) >= 11 is -7.08. The summed E-state index contributed by atoms with van der Waals surface area (Å²) in [5.74, 6) is -6.13. The van der Waals surface area contributed by atoms with Crippen LogP contribution in [0.2, 0.25) is 0 Å². The minimum absolute atomic E-state index is 0.446. The van der Waals surface area contributed by atoms with E-state index in [-0.39, 0.29) is 0 Å². The van der Waals surface area contributed by atoms with Crippen LogP contribution in [-0.4, -0.2) is 84.2 Å². The molecule has 0 aromatic heterocycles. The Bertz CT molecular complexity index is 733. The van der Waals surface area contributed by atoms with Crippen molar-refractivity contribution in [1.82, 2.24) is 0 Å². The Balaban J connectivity index is 1.86. The van der Waals surface area contributed by atoms with E-state index in [4.69, 9.17) is 28.6 Å². The molecule has 0 saturated carbocycles. The fourth-order valence-corrected chi connectivity index (χ4v) is 4.26. The standard InChI is InChI=1S/3C4H7NO4.2Al/c3*5-2(4(8)9)1-3(6)7;;/h3*2H,1,5H2,(H,6,7)(H,8,9);;/q;;;2*+3/p-6/t3*2-;;/m100../s1. The Morgan fingerprint density at radius 3 is 1.83 bits per heavy atom. The molecule has 3 atom stereocenters. The maximum Gasteiger partial charge on any atom is 1.20 e. The molecule has 0 spiro atoms. The van der Waals surface area contributed by atoms with Gasteiger partial charge in [-0.15, -0.1) is 0 Å². The van der Waals surface area contributed by atoms with Crippen molar-refractivity contribution < 1.29 is 51.5 Å². The lowest BCUT2D eigenvalue weighted by Crippen LogP contribution is -2.43. The maximum atomic E-state index is 11.9. The van der Waals surface area contributed by atoms with Crippen LogP contribution >= 0.6 is 0 Å². The lowest BCUT2D eigenvalue weighted by Gasteiger charge is -2.15. The van der Waals surface area contributed by atoms with Crippen LogP contribution in [0.3, 0.4) is 0 Å². The monoisotopic (exact) mass is 447 g/mol. The van der Waals surface area contributed by atoms with E-state index >= 15 is 0 Å². The van der Waals surface area contributed by atoms with E-state index in [1.165, 1.54) is 0 Å². The number of carbonyl (C=O) groups is 6. The van der Waals surface area contributed by atoms with Gasteiger partial charge in [-0.05, 0) is 0 Å². The summed E-state index contributed by atoms with van der Waals surface area (Å²) in [6, 6.07) is -4.12. The Hall–Kier alpha value is -2.24. The molecule has 2 rings (SSSR count). The Morgan fingerprint density at radius 2 is 1.34 bits per heavy atom. The second kappa shape index (κ2) is 9.99. The zero-order valence-electron chi connectivity index (χ0n) is 14.6. The van der Waals surface area contributed by atoms with Crippen molar-refractivity contribution in [2.45, 2.75) is 37.4 Å². The highest BCUT2D eigenvalue weighted by Crippen LogP contribution is 2.10. The first-order valence-corrected chi connectivity index (χ1v) is 10.8. The third-order valence-corrected chi connectivity index (χ3v) is 6.03. The molecule has 2 saturated heterocycles. The van der Waals surface area contributed by atoms with Gasteiger partial charge in [0.2, 0.25) is 0 Å². The van der Waals surface area contributed by atoms with E-state index in [2.05, 4.69) is 11.4 Å². The minimum Gasteiger partial charge on any atom is -0.551 e. The van der Waals surface area contributed by atoms with Crippen molar-refractivity contribution in [2.75, 3.05) is 0 Å². The summed E-state index contributed by atoms with van der Waals surface area (Å²) in [5.41, 5.74) is 16.2. The van der Waals surface area contributed by atoms with Crippen molar-refractivity contribution in [3.8, 4) is 0 Å². The van der Waals surface area contributed by atoms with Crippen LogP contribution in [-0.2, 0) is 51.5 Å². The van der Waals surface area contributed by atoms with E-state index in [1.807, 2.05) is 0 Å². The Labute approximate surface area is 172 Å². The molecule has 2 aliphatic heterocycles. The normalized spacial score (nSPS) is 23.6. The number of hydrogen-bond donors (Lipinski definition) is 3. The van der Waals surface area contributed by atoms with Crippen LogP contribution in [0.4, 0.5) is 0 Å². The van der Waals surface area contributed by atoms with Gasteiger partial charge in [-0.2, -0.15) is 0 Å². The number of nitrogens with two attached hydrogens (primary N) is 3. The number of hydrogen-bond acceptors (Lipinski definition) is 15. The van der Waals surface area contributed by atoms with Crippen molar-refractivity contribution in [2.24, 2.45) is 17.2 Å². The Kier molecular flexibility index (Phi) is 7.94. The lowest BCUT2D eigenvalue weighted by atomic mass is 10.2.